The van der Waals surface area contributed by atoms with E-state index in [2.05, 4.69) is 20.9 Å². The van der Waals surface area contributed by atoms with E-state index in [9.17, 15) is 8.78 Å². The molecule has 0 unspecified atom stereocenters. The maximum Gasteiger partial charge on any atom is 0.280 e. The molecule has 0 spiro atoms. The minimum Gasteiger partial charge on any atom is -0.325 e. The summed E-state index contributed by atoms with van der Waals surface area (Å²) in [6.07, 6.45) is -2.66. The van der Waals surface area contributed by atoms with Crippen LogP contribution in [0.2, 0.25) is 0 Å². The average molecular weight is 262 g/mol. The number of nitrogens with zero attached hydrogens (tertiary/aromatic N) is 2. The Morgan fingerprint density at radius 1 is 1.64 bits per heavy atom. The van der Waals surface area contributed by atoms with Gasteiger partial charge in [0.15, 0.2) is 0 Å². The predicted molar refractivity (Wildman–Crippen MR) is 49.5 cm³/mol. The van der Waals surface area contributed by atoms with Crippen LogP contribution in [0.3, 0.4) is 0 Å². The number of rotatable bonds is 2. The van der Waals surface area contributed by atoms with Crippen molar-refractivity contribution in [2.75, 3.05) is 0 Å². The third-order valence-corrected chi connectivity index (χ3v) is 2.22. The summed E-state index contributed by atoms with van der Waals surface area (Å²) in [5.74, 6) is 0. The van der Waals surface area contributed by atoms with Crippen molar-refractivity contribution in [1.29, 1.82) is 5.26 Å². The topological polar surface area (TPSA) is 62.7 Å². The van der Waals surface area contributed by atoms with Gasteiger partial charge in [0, 0.05) is 11.0 Å². The van der Waals surface area contributed by atoms with Gasteiger partial charge < -0.3 is 5.73 Å². The van der Waals surface area contributed by atoms with Gasteiger partial charge in [0.1, 0.15) is 11.8 Å². The molecule has 0 aliphatic heterocycles. The van der Waals surface area contributed by atoms with Gasteiger partial charge in [0.25, 0.3) is 6.43 Å². The third kappa shape index (κ3) is 2.05. The van der Waals surface area contributed by atoms with E-state index in [4.69, 9.17) is 11.0 Å². The lowest BCUT2D eigenvalue weighted by Gasteiger charge is -2.05. The number of nitrogens with two attached hydrogens (primary N) is 1. The van der Waals surface area contributed by atoms with E-state index in [-0.39, 0.29) is 23.5 Å². The second-order valence-corrected chi connectivity index (χ2v) is 3.32. The largest absolute Gasteiger partial charge is 0.325 e. The maximum absolute atomic E-state index is 12.3. The number of hydrogen-bond donors (Lipinski definition) is 1. The Morgan fingerprint density at radius 2 is 2.29 bits per heavy atom. The molecule has 3 nitrogen and oxygen atoms in total. The molecule has 1 heterocycles. The summed E-state index contributed by atoms with van der Waals surface area (Å²) in [6.45, 7) is -0.0396. The number of halogens is 3. The number of nitriles is 1. The summed E-state index contributed by atoms with van der Waals surface area (Å²) < 4.78 is 24.9. The van der Waals surface area contributed by atoms with Crippen LogP contribution < -0.4 is 5.73 Å². The molecule has 0 aliphatic carbocycles. The summed E-state index contributed by atoms with van der Waals surface area (Å²) in [4.78, 5) is 3.59. The fraction of sp³-hybridized carbons (Fsp3) is 0.250. The summed E-state index contributed by atoms with van der Waals surface area (Å²) in [6, 6.07) is 2.97. The molecule has 1 aromatic heterocycles. The van der Waals surface area contributed by atoms with E-state index in [1.807, 2.05) is 6.07 Å². The molecule has 0 saturated carbocycles. The summed E-state index contributed by atoms with van der Waals surface area (Å²) in [5, 5.41) is 8.70. The van der Waals surface area contributed by atoms with Crippen LogP contribution in [0.25, 0.3) is 0 Å². The predicted octanol–water partition coefficient (Wildman–Crippen LogP) is 2.11. The Hall–Kier alpha value is -1.06. The smallest absolute Gasteiger partial charge is 0.280 e. The van der Waals surface area contributed by atoms with Gasteiger partial charge >= 0.3 is 0 Å². The first-order valence-electron chi connectivity index (χ1n) is 3.67. The van der Waals surface area contributed by atoms with Crippen molar-refractivity contribution in [2.45, 2.75) is 13.0 Å². The van der Waals surface area contributed by atoms with Crippen LogP contribution in [-0.2, 0) is 6.54 Å². The van der Waals surface area contributed by atoms with Gasteiger partial charge in [0.2, 0.25) is 0 Å². The van der Waals surface area contributed by atoms with Gasteiger partial charge in [-0.2, -0.15) is 5.26 Å². The van der Waals surface area contributed by atoms with Crippen molar-refractivity contribution in [1.82, 2.24) is 4.98 Å². The maximum atomic E-state index is 12.3. The van der Waals surface area contributed by atoms with Crippen LogP contribution in [0, 0.1) is 11.3 Å². The first-order chi connectivity index (χ1) is 6.60. The number of pyridine rings is 1. The van der Waals surface area contributed by atoms with E-state index < -0.39 is 6.43 Å². The highest BCUT2D eigenvalue weighted by atomic mass is 79.9. The summed E-state index contributed by atoms with van der Waals surface area (Å²) >= 11 is 3.02. The van der Waals surface area contributed by atoms with Crippen molar-refractivity contribution in [3.05, 3.63) is 27.5 Å². The van der Waals surface area contributed by atoms with Crippen LogP contribution >= 0.6 is 15.9 Å². The highest BCUT2D eigenvalue weighted by Crippen LogP contribution is 2.25. The van der Waals surface area contributed by atoms with Gasteiger partial charge in [-0.25, -0.2) is 13.8 Å². The zero-order valence-electron chi connectivity index (χ0n) is 6.97. The molecule has 1 rings (SSSR count). The Bertz CT molecular complexity index is 387. The van der Waals surface area contributed by atoms with Gasteiger partial charge in [0.05, 0.1) is 11.3 Å². The van der Waals surface area contributed by atoms with Gasteiger partial charge in [-0.15, -0.1) is 0 Å². The second kappa shape index (κ2) is 4.44. The second-order valence-electron chi connectivity index (χ2n) is 2.47. The minimum atomic E-state index is -2.66. The first kappa shape index (κ1) is 11.0. The molecule has 74 valence electrons. The molecule has 0 aromatic carbocycles. The number of aromatic nitrogens is 1. The fourth-order valence-corrected chi connectivity index (χ4v) is 1.51. The molecule has 0 radical (unpaired) electrons. The Kier molecular flexibility index (Phi) is 3.49. The van der Waals surface area contributed by atoms with Crippen LogP contribution in [0.5, 0.6) is 0 Å². The molecule has 0 aliphatic rings. The molecule has 2 N–H and O–H groups in total. The van der Waals surface area contributed by atoms with E-state index in [0.717, 1.165) is 6.07 Å². The Balaban J connectivity index is 3.33. The summed E-state index contributed by atoms with van der Waals surface area (Å²) in [5.41, 5.74) is 5.29. The highest BCUT2D eigenvalue weighted by molar-refractivity contribution is 9.10. The van der Waals surface area contributed by atoms with E-state index in [0.29, 0.717) is 4.47 Å². The van der Waals surface area contributed by atoms with Crippen molar-refractivity contribution < 1.29 is 8.78 Å². The molecule has 0 fully saturated rings. The quantitative estimate of drug-likeness (QED) is 0.887. The molecule has 0 bridgehead atoms. The summed E-state index contributed by atoms with van der Waals surface area (Å²) in [7, 11) is 0. The fourth-order valence-electron chi connectivity index (χ4n) is 0.961. The molecule has 14 heavy (non-hydrogen) atoms. The zero-order valence-corrected chi connectivity index (χ0v) is 8.55. The molecular weight excluding hydrogens is 256 g/mol. The average Bonchev–Trinajstić information content (AvgIpc) is 2.16. The van der Waals surface area contributed by atoms with E-state index >= 15 is 0 Å². The highest BCUT2D eigenvalue weighted by Gasteiger charge is 2.15. The van der Waals surface area contributed by atoms with Gasteiger partial charge in [-0.3, -0.25) is 0 Å². The number of alkyl halides is 2. The van der Waals surface area contributed by atoms with Crippen LogP contribution in [0.15, 0.2) is 10.5 Å². The molecule has 0 saturated heterocycles. The van der Waals surface area contributed by atoms with Gasteiger partial charge in [-0.1, -0.05) is 0 Å². The zero-order chi connectivity index (χ0) is 10.7. The molecule has 6 heteroatoms. The SMILES string of the molecule is N#Cc1c(Br)cc(C(F)F)nc1CN. The minimum absolute atomic E-state index is 0.0396. The lowest BCUT2D eigenvalue weighted by atomic mass is 10.2. The third-order valence-electron chi connectivity index (χ3n) is 1.59. The first-order valence-corrected chi connectivity index (χ1v) is 4.47. The van der Waals surface area contributed by atoms with Crippen LogP contribution in [0.4, 0.5) is 8.78 Å². The standard InChI is InChI=1S/C8H6BrF2N3/c9-5-1-6(8(10)11)14-7(3-13)4(5)2-12/h1,8H,3,13H2. The van der Waals surface area contributed by atoms with Crippen molar-refractivity contribution >= 4 is 15.9 Å². The Labute approximate surface area is 87.7 Å². The Morgan fingerprint density at radius 3 is 2.71 bits per heavy atom. The molecule has 0 amide bonds. The van der Waals surface area contributed by atoms with Gasteiger partial charge in [-0.05, 0) is 22.0 Å². The van der Waals surface area contributed by atoms with Crippen LogP contribution in [0.1, 0.15) is 23.4 Å². The molecule has 1 aromatic rings. The van der Waals surface area contributed by atoms with Crippen LogP contribution in [-0.4, -0.2) is 4.98 Å². The molecule has 0 atom stereocenters. The van der Waals surface area contributed by atoms with Crippen molar-refractivity contribution in [2.24, 2.45) is 5.73 Å². The number of hydrogen-bond acceptors (Lipinski definition) is 3. The lowest BCUT2D eigenvalue weighted by molar-refractivity contribution is 0.145. The van der Waals surface area contributed by atoms with Crippen molar-refractivity contribution in [3.8, 4) is 6.07 Å². The van der Waals surface area contributed by atoms with E-state index in [1.54, 1.807) is 0 Å². The monoisotopic (exact) mass is 261 g/mol. The normalized spacial score (nSPS) is 10.3. The van der Waals surface area contributed by atoms with E-state index in [1.165, 1.54) is 0 Å². The van der Waals surface area contributed by atoms with Crippen molar-refractivity contribution in [3.63, 3.8) is 0 Å². The molecular formula is C8H6BrF2N3. The lowest BCUT2D eigenvalue weighted by Crippen LogP contribution is -2.06.